The molecule has 0 radical (unpaired) electrons. The lowest BCUT2D eigenvalue weighted by Gasteiger charge is -2.08. The molecule has 1 aromatic carbocycles. The smallest absolute Gasteiger partial charge is 0.234 e. The van der Waals surface area contributed by atoms with Crippen LogP contribution in [0.1, 0.15) is 5.56 Å². The van der Waals surface area contributed by atoms with E-state index in [9.17, 15) is 4.79 Å². The molecule has 0 saturated carbocycles. The molecular weight excluding hydrogens is 286 g/mol. The van der Waals surface area contributed by atoms with Crippen LogP contribution in [0, 0.1) is 6.92 Å². The predicted molar refractivity (Wildman–Crippen MR) is 74.3 cm³/mol. The molecule has 0 aliphatic heterocycles. The largest absolute Gasteiger partial charge is 0.325 e. The molecule has 1 heterocycles. The Hall–Kier alpha value is -1.60. The summed E-state index contributed by atoms with van der Waals surface area (Å²) >= 11 is 7.14. The summed E-state index contributed by atoms with van der Waals surface area (Å²) in [5.74, 6) is 0.134. The molecular formula is C11H12ClN5OS. The van der Waals surface area contributed by atoms with Gasteiger partial charge in [0.1, 0.15) is 0 Å². The molecule has 1 aromatic heterocycles. The Bertz CT molecular complexity index is 601. The lowest BCUT2D eigenvalue weighted by Crippen LogP contribution is -2.15. The first kappa shape index (κ1) is 13.8. The number of hydrogen-bond donors (Lipinski definition) is 1. The van der Waals surface area contributed by atoms with Crippen LogP contribution in [0.2, 0.25) is 5.02 Å². The average molecular weight is 298 g/mol. The zero-order chi connectivity index (χ0) is 13.8. The minimum atomic E-state index is -0.113. The molecule has 19 heavy (non-hydrogen) atoms. The highest BCUT2D eigenvalue weighted by molar-refractivity contribution is 7.99. The second kappa shape index (κ2) is 6.03. The van der Waals surface area contributed by atoms with Crippen molar-refractivity contribution in [2.24, 2.45) is 7.05 Å². The lowest BCUT2D eigenvalue weighted by molar-refractivity contribution is -0.113. The summed E-state index contributed by atoms with van der Waals surface area (Å²) in [6.45, 7) is 1.89. The number of hydrogen-bond acceptors (Lipinski definition) is 5. The Balaban J connectivity index is 1.93. The molecule has 0 aliphatic rings. The third kappa shape index (κ3) is 3.68. The molecule has 1 amide bonds. The van der Waals surface area contributed by atoms with Gasteiger partial charge >= 0.3 is 0 Å². The van der Waals surface area contributed by atoms with Crippen molar-refractivity contribution < 1.29 is 4.79 Å². The van der Waals surface area contributed by atoms with Gasteiger partial charge in [0.2, 0.25) is 11.1 Å². The van der Waals surface area contributed by atoms with Crippen LogP contribution in [0.3, 0.4) is 0 Å². The van der Waals surface area contributed by atoms with Crippen LogP contribution in [0.4, 0.5) is 5.69 Å². The molecule has 6 nitrogen and oxygen atoms in total. The number of thioether (sulfide) groups is 1. The van der Waals surface area contributed by atoms with E-state index in [1.165, 1.54) is 16.4 Å². The first-order valence-corrected chi connectivity index (χ1v) is 6.84. The maximum absolute atomic E-state index is 11.8. The van der Waals surface area contributed by atoms with Gasteiger partial charge in [0, 0.05) is 17.8 Å². The molecule has 0 saturated heterocycles. The number of nitrogens with zero attached hydrogens (tertiary/aromatic N) is 4. The fourth-order valence-electron chi connectivity index (χ4n) is 1.43. The van der Waals surface area contributed by atoms with Crippen molar-refractivity contribution in [3.63, 3.8) is 0 Å². The summed E-state index contributed by atoms with van der Waals surface area (Å²) in [5, 5.41) is 15.1. The van der Waals surface area contributed by atoms with Gasteiger partial charge in [-0.05, 0) is 41.1 Å². The number of aryl methyl sites for hydroxylation is 2. The summed E-state index contributed by atoms with van der Waals surface area (Å²) in [7, 11) is 1.73. The minimum absolute atomic E-state index is 0.113. The van der Waals surface area contributed by atoms with E-state index < -0.39 is 0 Å². The van der Waals surface area contributed by atoms with Gasteiger partial charge in [-0.15, -0.1) is 5.10 Å². The standard InChI is InChI=1S/C11H12ClN5OS/c1-7-5-8(12)3-4-9(7)13-10(18)6-19-11-14-15-16-17(11)2/h3-5H,6H2,1-2H3,(H,13,18). The van der Waals surface area contributed by atoms with E-state index in [-0.39, 0.29) is 11.7 Å². The Labute approximate surface area is 119 Å². The molecule has 2 aromatic rings. The minimum Gasteiger partial charge on any atom is -0.325 e. The van der Waals surface area contributed by atoms with E-state index in [4.69, 9.17) is 11.6 Å². The predicted octanol–water partition coefficient (Wildman–Crippen LogP) is 1.90. The van der Waals surface area contributed by atoms with E-state index in [0.29, 0.717) is 10.2 Å². The number of anilines is 1. The number of benzene rings is 1. The number of nitrogens with one attached hydrogen (secondary N) is 1. The molecule has 1 N–H and O–H groups in total. The first-order chi connectivity index (χ1) is 9.06. The van der Waals surface area contributed by atoms with Gasteiger partial charge in [-0.2, -0.15) is 0 Å². The normalized spacial score (nSPS) is 10.5. The Morgan fingerprint density at radius 3 is 2.95 bits per heavy atom. The molecule has 0 bridgehead atoms. The molecule has 0 atom stereocenters. The van der Waals surface area contributed by atoms with E-state index in [2.05, 4.69) is 20.8 Å². The monoisotopic (exact) mass is 297 g/mol. The third-order valence-corrected chi connectivity index (χ3v) is 3.62. The lowest BCUT2D eigenvalue weighted by atomic mass is 10.2. The van der Waals surface area contributed by atoms with Gasteiger partial charge in [-0.1, -0.05) is 23.4 Å². The summed E-state index contributed by atoms with van der Waals surface area (Å²) in [4.78, 5) is 11.8. The maximum Gasteiger partial charge on any atom is 0.234 e. The van der Waals surface area contributed by atoms with Gasteiger partial charge in [0.15, 0.2) is 0 Å². The fourth-order valence-corrected chi connectivity index (χ4v) is 2.30. The second-order valence-electron chi connectivity index (χ2n) is 3.88. The summed E-state index contributed by atoms with van der Waals surface area (Å²) < 4.78 is 1.52. The topological polar surface area (TPSA) is 72.7 Å². The van der Waals surface area contributed by atoms with Crippen LogP contribution >= 0.6 is 23.4 Å². The molecule has 2 rings (SSSR count). The SMILES string of the molecule is Cc1cc(Cl)ccc1NC(=O)CSc1nnnn1C. The highest BCUT2D eigenvalue weighted by Crippen LogP contribution is 2.20. The molecule has 0 spiro atoms. The van der Waals surface area contributed by atoms with Crippen LogP contribution in [-0.4, -0.2) is 31.9 Å². The second-order valence-corrected chi connectivity index (χ2v) is 5.26. The third-order valence-electron chi connectivity index (χ3n) is 2.38. The molecule has 0 aliphatic carbocycles. The molecule has 0 fully saturated rings. The average Bonchev–Trinajstić information content (AvgIpc) is 2.76. The highest BCUT2D eigenvalue weighted by Gasteiger charge is 2.09. The van der Waals surface area contributed by atoms with Crippen molar-refractivity contribution in [1.29, 1.82) is 0 Å². The fraction of sp³-hybridized carbons (Fsp3) is 0.273. The number of carbonyl (C=O) groups excluding carboxylic acids is 1. The van der Waals surface area contributed by atoms with E-state index in [0.717, 1.165) is 11.3 Å². The summed E-state index contributed by atoms with van der Waals surface area (Å²) in [6, 6.07) is 5.32. The van der Waals surface area contributed by atoms with Crippen LogP contribution in [0.25, 0.3) is 0 Å². The number of tetrazole rings is 1. The Morgan fingerprint density at radius 2 is 2.32 bits per heavy atom. The van der Waals surface area contributed by atoms with Crippen molar-refractivity contribution in [3.05, 3.63) is 28.8 Å². The van der Waals surface area contributed by atoms with Crippen LogP contribution in [0.5, 0.6) is 0 Å². The van der Waals surface area contributed by atoms with E-state index in [1.54, 1.807) is 25.2 Å². The quantitative estimate of drug-likeness (QED) is 0.873. The first-order valence-electron chi connectivity index (χ1n) is 5.47. The van der Waals surface area contributed by atoms with Gasteiger partial charge < -0.3 is 5.32 Å². The Morgan fingerprint density at radius 1 is 1.53 bits per heavy atom. The summed E-state index contributed by atoms with van der Waals surface area (Å²) in [5.41, 5.74) is 1.68. The number of carbonyl (C=O) groups is 1. The zero-order valence-corrected chi connectivity index (χ0v) is 12.0. The van der Waals surface area contributed by atoms with Crippen LogP contribution in [0.15, 0.2) is 23.4 Å². The number of aromatic nitrogens is 4. The molecule has 8 heteroatoms. The summed E-state index contributed by atoms with van der Waals surface area (Å²) in [6.07, 6.45) is 0. The van der Waals surface area contributed by atoms with Gasteiger partial charge in [0.05, 0.1) is 5.75 Å². The molecule has 0 unspecified atom stereocenters. The van der Waals surface area contributed by atoms with Crippen LogP contribution in [-0.2, 0) is 11.8 Å². The van der Waals surface area contributed by atoms with E-state index >= 15 is 0 Å². The van der Waals surface area contributed by atoms with Crippen molar-refractivity contribution in [3.8, 4) is 0 Å². The van der Waals surface area contributed by atoms with Crippen molar-refractivity contribution in [2.45, 2.75) is 12.1 Å². The van der Waals surface area contributed by atoms with Gasteiger partial charge in [0.25, 0.3) is 0 Å². The van der Waals surface area contributed by atoms with Crippen molar-refractivity contribution in [2.75, 3.05) is 11.1 Å². The number of amides is 1. The maximum atomic E-state index is 11.8. The highest BCUT2D eigenvalue weighted by atomic mass is 35.5. The molecule has 100 valence electrons. The van der Waals surface area contributed by atoms with Gasteiger partial charge in [-0.3, -0.25) is 4.79 Å². The van der Waals surface area contributed by atoms with E-state index in [1.807, 2.05) is 6.92 Å². The van der Waals surface area contributed by atoms with Gasteiger partial charge in [-0.25, -0.2) is 4.68 Å². The Kier molecular flexibility index (Phi) is 4.39. The van der Waals surface area contributed by atoms with Crippen molar-refractivity contribution >= 4 is 35.0 Å². The van der Waals surface area contributed by atoms with Crippen LogP contribution < -0.4 is 5.32 Å². The number of rotatable bonds is 4. The number of halogens is 1. The zero-order valence-electron chi connectivity index (χ0n) is 10.4. The van der Waals surface area contributed by atoms with Crippen molar-refractivity contribution in [1.82, 2.24) is 20.2 Å².